The fourth-order valence-corrected chi connectivity index (χ4v) is 5.06. The molecule has 2 aromatic carbocycles. The number of aryl methyl sites for hydroxylation is 1. The highest BCUT2D eigenvalue weighted by Gasteiger charge is 2.40. The molecule has 0 saturated carbocycles. The summed E-state index contributed by atoms with van der Waals surface area (Å²) in [5.41, 5.74) is 2.54. The molecule has 4 rings (SSSR count). The molecule has 1 atom stereocenters. The minimum atomic E-state index is -0.522. The van der Waals surface area contributed by atoms with Crippen LogP contribution in [0.25, 0.3) is 0 Å². The number of nitrogens with one attached hydrogen (secondary N) is 1. The average Bonchev–Trinajstić information content (AvgIpc) is 3.21. The van der Waals surface area contributed by atoms with Crippen molar-refractivity contribution in [3.8, 4) is 0 Å². The van der Waals surface area contributed by atoms with E-state index < -0.39 is 5.25 Å². The van der Waals surface area contributed by atoms with Crippen molar-refractivity contribution in [1.29, 1.82) is 0 Å². The van der Waals surface area contributed by atoms with Gasteiger partial charge >= 0.3 is 0 Å². The minimum Gasteiger partial charge on any atom is -0.330 e. The van der Waals surface area contributed by atoms with Crippen LogP contribution in [0.2, 0.25) is 5.02 Å². The molecule has 1 aromatic heterocycles. The second-order valence-corrected chi connectivity index (χ2v) is 9.03. The van der Waals surface area contributed by atoms with E-state index in [1.807, 2.05) is 31.2 Å². The molecule has 3 aromatic rings. The largest absolute Gasteiger partial charge is 0.330 e. The van der Waals surface area contributed by atoms with Crippen molar-refractivity contribution in [1.82, 2.24) is 10.2 Å². The second kappa shape index (κ2) is 7.90. The van der Waals surface area contributed by atoms with Gasteiger partial charge in [-0.25, -0.2) is 4.90 Å². The Balaban J connectivity index is 1.47. The van der Waals surface area contributed by atoms with Gasteiger partial charge in [-0.15, -0.1) is 10.2 Å². The number of hydrogen-bond donors (Lipinski definition) is 1. The van der Waals surface area contributed by atoms with Gasteiger partial charge in [0.25, 0.3) is 0 Å². The van der Waals surface area contributed by atoms with Crippen molar-refractivity contribution < 1.29 is 9.59 Å². The van der Waals surface area contributed by atoms with Crippen LogP contribution in [0.3, 0.4) is 0 Å². The molecule has 0 spiro atoms. The number of hydrogen-bond acceptors (Lipinski definition) is 7. The van der Waals surface area contributed by atoms with Crippen LogP contribution >= 0.6 is 34.7 Å². The number of halogens is 1. The van der Waals surface area contributed by atoms with E-state index >= 15 is 0 Å². The van der Waals surface area contributed by atoms with E-state index in [1.54, 1.807) is 24.3 Å². The Morgan fingerprint density at radius 2 is 2.00 bits per heavy atom. The topological polar surface area (TPSA) is 75.2 Å². The molecule has 0 bridgehead atoms. The first kappa shape index (κ1) is 18.9. The predicted molar refractivity (Wildman–Crippen MR) is 113 cm³/mol. The van der Waals surface area contributed by atoms with Crippen molar-refractivity contribution in [2.24, 2.45) is 0 Å². The standard InChI is InChI=1S/C19H15ClN4O2S2/c1-11-5-2-3-8-14(11)21-18-22-23-19(28-18)27-15-10-16(25)24(17(15)26)13-7-4-6-12(20)9-13/h2-9,15H,10H2,1H3,(H,21,22)/t15-/m1/s1. The summed E-state index contributed by atoms with van der Waals surface area (Å²) in [4.78, 5) is 26.3. The lowest BCUT2D eigenvalue weighted by molar-refractivity contribution is -0.121. The highest BCUT2D eigenvalue weighted by Crippen LogP contribution is 2.37. The molecule has 0 radical (unpaired) electrons. The third-order valence-corrected chi connectivity index (χ3v) is 6.55. The number of thioether (sulfide) groups is 1. The molecule has 1 fully saturated rings. The number of carbonyl (C=O) groups excluding carboxylic acids is 2. The zero-order chi connectivity index (χ0) is 19.7. The maximum absolute atomic E-state index is 12.8. The van der Waals surface area contributed by atoms with Crippen molar-refractivity contribution in [3.05, 3.63) is 59.1 Å². The Bertz CT molecular complexity index is 1060. The quantitative estimate of drug-likeness (QED) is 0.593. The van der Waals surface area contributed by atoms with E-state index in [4.69, 9.17) is 11.6 Å². The van der Waals surface area contributed by atoms with E-state index in [0.29, 0.717) is 20.2 Å². The van der Waals surface area contributed by atoms with Crippen molar-refractivity contribution in [2.75, 3.05) is 10.2 Å². The minimum absolute atomic E-state index is 0.121. The molecule has 1 N–H and O–H groups in total. The Morgan fingerprint density at radius 3 is 2.79 bits per heavy atom. The maximum Gasteiger partial charge on any atom is 0.247 e. The van der Waals surface area contributed by atoms with Gasteiger partial charge in [0.2, 0.25) is 16.9 Å². The number of amides is 2. The Kier molecular flexibility index (Phi) is 5.34. The van der Waals surface area contributed by atoms with Gasteiger partial charge in [-0.2, -0.15) is 0 Å². The third kappa shape index (κ3) is 3.89. The van der Waals surface area contributed by atoms with Crippen molar-refractivity contribution >= 4 is 63.0 Å². The van der Waals surface area contributed by atoms with Crippen molar-refractivity contribution in [3.63, 3.8) is 0 Å². The Hall–Kier alpha value is -2.42. The number of nitrogens with zero attached hydrogens (tertiary/aromatic N) is 3. The monoisotopic (exact) mass is 430 g/mol. The lowest BCUT2D eigenvalue weighted by Crippen LogP contribution is -2.31. The van der Waals surface area contributed by atoms with Crippen LogP contribution in [-0.4, -0.2) is 27.3 Å². The lowest BCUT2D eigenvalue weighted by atomic mass is 10.2. The van der Waals surface area contributed by atoms with E-state index in [1.165, 1.54) is 28.0 Å². The number of para-hydroxylation sites is 1. The van der Waals surface area contributed by atoms with Gasteiger partial charge in [0, 0.05) is 17.1 Å². The summed E-state index contributed by atoms with van der Waals surface area (Å²) in [5.74, 6) is -0.506. The fraction of sp³-hybridized carbons (Fsp3) is 0.158. The normalized spacial score (nSPS) is 16.6. The molecule has 1 aliphatic heterocycles. The summed E-state index contributed by atoms with van der Waals surface area (Å²) >= 11 is 8.60. The molecule has 9 heteroatoms. The van der Waals surface area contributed by atoms with Gasteiger partial charge < -0.3 is 5.32 Å². The van der Waals surface area contributed by atoms with Crippen LogP contribution in [0.15, 0.2) is 52.9 Å². The van der Waals surface area contributed by atoms with Crippen LogP contribution in [0, 0.1) is 6.92 Å². The predicted octanol–water partition coefficient (Wildman–Crippen LogP) is 4.67. The molecule has 2 amide bonds. The molecule has 1 saturated heterocycles. The first-order valence-corrected chi connectivity index (χ1v) is 10.5. The van der Waals surface area contributed by atoms with E-state index in [-0.39, 0.29) is 18.2 Å². The summed E-state index contributed by atoms with van der Waals surface area (Å²) in [6.45, 7) is 2.01. The lowest BCUT2D eigenvalue weighted by Gasteiger charge is -2.14. The summed E-state index contributed by atoms with van der Waals surface area (Å²) < 4.78 is 0.634. The number of anilines is 3. The summed E-state index contributed by atoms with van der Waals surface area (Å²) in [6, 6.07) is 14.6. The van der Waals surface area contributed by atoms with E-state index in [0.717, 1.165) is 11.3 Å². The van der Waals surface area contributed by atoms with Gasteiger partial charge in [-0.05, 0) is 36.8 Å². The van der Waals surface area contributed by atoms with Crippen molar-refractivity contribution in [2.45, 2.75) is 22.9 Å². The van der Waals surface area contributed by atoms with Crippen LogP contribution in [0.1, 0.15) is 12.0 Å². The summed E-state index contributed by atoms with van der Waals surface area (Å²) in [6.07, 6.45) is 0.121. The highest BCUT2D eigenvalue weighted by atomic mass is 35.5. The SMILES string of the molecule is Cc1ccccc1Nc1nnc(S[C@@H]2CC(=O)N(c3cccc(Cl)c3)C2=O)s1. The van der Waals surface area contributed by atoms with Gasteiger partial charge in [0.1, 0.15) is 5.25 Å². The number of carbonyl (C=O) groups is 2. The van der Waals surface area contributed by atoms with E-state index in [2.05, 4.69) is 15.5 Å². The van der Waals surface area contributed by atoms with Crippen LogP contribution in [-0.2, 0) is 9.59 Å². The number of aromatic nitrogens is 2. The molecule has 0 unspecified atom stereocenters. The first-order chi connectivity index (χ1) is 13.5. The summed E-state index contributed by atoms with van der Waals surface area (Å²) in [7, 11) is 0. The van der Waals surface area contributed by atoms with E-state index in [9.17, 15) is 9.59 Å². The molecular formula is C19H15ClN4O2S2. The maximum atomic E-state index is 12.8. The van der Waals surface area contributed by atoms with Crippen LogP contribution < -0.4 is 10.2 Å². The van der Waals surface area contributed by atoms with Gasteiger partial charge in [-0.3, -0.25) is 9.59 Å². The first-order valence-electron chi connectivity index (χ1n) is 8.46. The Labute approximate surface area is 174 Å². The highest BCUT2D eigenvalue weighted by molar-refractivity contribution is 8.02. The fourth-order valence-electron chi connectivity index (χ4n) is 2.84. The molecule has 2 heterocycles. The zero-order valence-electron chi connectivity index (χ0n) is 14.8. The molecule has 0 aliphatic carbocycles. The number of rotatable bonds is 5. The molecule has 28 heavy (non-hydrogen) atoms. The molecular weight excluding hydrogens is 416 g/mol. The number of benzene rings is 2. The van der Waals surface area contributed by atoms with Gasteiger partial charge in [0.15, 0.2) is 4.34 Å². The van der Waals surface area contributed by atoms with Crippen LogP contribution in [0.5, 0.6) is 0 Å². The van der Waals surface area contributed by atoms with Crippen LogP contribution in [0.4, 0.5) is 16.5 Å². The van der Waals surface area contributed by atoms with Gasteiger partial charge in [-0.1, -0.05) is 59.0 Å². The molecule has 142 valence electrons. The molecule has 1 aliphatic rings. The Morgan fingerprint density at radius 1 is 1.18 bits per heavy atom. The second-order valence-electron chi connectivity index (χ2n) is 6.17. The smallest absolute Gasteiger partial charge is 0.247 e. The molecule has 6 nitrogen and oxygen atoms in total. The average molecular weight is 431 g/mol. The number of imide groups is 1. The zero-order valence-corrected chi connectivity index (χ0v) is 17.1. The third-order valence-electron chi connectivity index (χ3n) is 4.21. The summed E-state index contributed by atoms with van der Waals surface area (Å²) in [5, 5.41) is 12.1. The van der Waals surface area contributed by atoms with Gasteiger partial charge in [0.05, 0.1) is 5.69 Å².